The Morgan fingerprint density at radius 1 is 0.581 bits per heavy atom. The van der Waals surface area contributed by atoms with Crippen LogP contribution in [0.2, 0.25) is 0 Å². The molecule has 0 amide bonds. The van der Waals surface area contributed by atoms with Gasteiger partial charge in [-0.15, -0.1) is 11.3 Å². The van der Waals surface area contributed by atoms with Gasteiger partial charge in [-0.2, -0.15) is 0 Å². The largest absolute Gasteiger partial charge is 0.456 e. The van der Waals surface area contributed by atoms with Crippen molar-refractivity contribution >= 4 is 70.5 Å². The van der Waals surface area contributed by atoms with Crippen LogP contribution in [0, 0.1) is 6.92 Å². The highest BCUT2D eigenvalue weighted by Gasteiger charge is 2.37. The Morgan fingerprint density at radius 2 is 1.30 bits per heavy atom. The molecule has 0 saturated heterocycles. The molecule has 206 valence electrons. The second-order valence-electron chi connectivity index (χ2n) is 12.2. The molecule has 3 heteroatoms. The molecule has 8 aromatic rings. The number of para-hydroxylation sites is 2. The fraction of sp³-hybridized carbons (Fsp3) is 0.100. The maximum Gasteiger partial charge on any atom is 0.135 e. The lowest BCUT2D eigenvalue weighted by atomic mass is 9.82. The zero-order valence-corrected chi connectivity index (χ0v) is 25.1. The molecule has 0 aliphatic heterocycles. The van der Waals surface area contributed by atoms with Crippen molar-refractivity contribution in [3.05, 3.63) is 138 Å². The Morgan fingerprint density at radius 3 is 2.19 bits per heavy atom. The summed E-state index contributed by atoms with van der Waals surface area (Å²) in [6, 6.07) is 44.0. The van der Waals surface area contributed by atoms with E-state index in [1.165, 1.54) is 53.7 Å². The standard InChI is InChI=1S/C40H29NOS/c1-24-17-19-29-28-20-21-33-36(30-14-7-9-15-32(30)40(33,2)3)38(28)43-39(29)37(24)41(25-11-5-4-6-12-25)26-18-22-35-31(23-26)27-13-8-10-16-34(27)42-35/h4-23H,1-3H3. The number of rotatable bonds is 3. The minimum Gasteiger partial charge on any atom is -0.456 e. The summed E-state index contributed by atoms with van der Waals surface area (Å²) in [5.74, 6) is 0. The first-order valence-electron chi connectivity index (χ1n) is 14.9. The average molecular weight is 572 g/mol. The molecule has 0 radical (unpaired) electrons. The van der Waals surface area contributed by atoms with Crippen molar-refractivity contribution in [3.8, 4) is 11.1 Å². The molecule has 0 N–H and O–H groups in total. The van der Waals surface area contributed by atoms with Crippen LogP contribution in [0.25, 0.3) is 53.2 Å². The Hall–Kier alpha value is -4.86. The molecule has 0 fully saturated rings. The molecule has 9 rings (SSSR count). The van der Waals surface area contributed by atoms with Gasteiger partial charge in [0.05, 0.1) is 10.4 Å². The van der Waals surface area contributed by atoms with Crippen LogP contribution < -0.4 is 4.90 Å². The fourth-order valence-electron chi connectivity index (χ4n) is 7.28. The first-order valence-corrected chi connectivity index (χ1v) is 15.7. The van der Waals surface area contributed by atoms with Gasteiger partial charge in [0, 0.05) is 48.6 Å². The van der Waals surface area contributed by atoms with E-state index in [1.54, 1.807) is 0 Å². The highest BCUT2D eigenvalue weighted by molar-refractivity contribution is 7.27. The number of hydrogen-bond donors (Lipinski definition) is 0. The summed E-state index contributed by atoms with van der Waals surface area (Å²) in [7, 11) is 0. The Balaban J connectivity index is 1.36. The molecule has 0 spiro atoms. The summed E-state index contributed by atoms with van der Waals surface area (Å²) in [5, 5.41) is 4.91. The lowest BCUT2D eigenvalue weighted by Crippen LogP contribution is -2.14. The van der Waals surface area contributed by atoms with Gasteiger partial charge in [0.1, 0.15) is 11.2 Å². The van der Waals surface area contributed by atoms with Crippen molar-refractivity contribution in [2.75, 3.05) is 4.90 Å². The zero-order valence-electron chi connectivity index (χ0n) is 24.3. The first-order chi connectivity index (χ1) is 21.0. The maximum atomic E-state index is 6.20. The van der Waals surface area contributed by atoms with Crippen molar-refractivity contribution in [2.24, 2.45) is 0 Å². The second-order valence-corrected chi connectivity index (χ2v) is 13.2. The van der Waals surface area contributed by atoms with Gasteiger partial charge in [0.2, 0.25) is 0 Å². The number of anilines is 3. The highest BCUT2D eigenvalue weighted by atomic mass is 32.1. The molecular formula is C40H29NOS. The molecule has 0 unspecified atom stereocenters. The van der Waals surface area contributed by atoms with E-state index in [4.69, 9.17) is 4.42 Å². The summed E-state index contributed by atoms with van der Waals surface area (Å²) in [5.41, 5.74) is 12.2. The van der Waals surface area contributed by atoms with Crippen molar-refractivity contribution < 1.29 is 4.42 Å². The van der Waals surface area contributed by atoms with Crippen molar-refractivity contribution in [1.29, 1.82) is 0 Å². The van der Waals surface area contributed by atoms with Crippen LogP contribution in [0.3, 0.4) is 0 Å². The lowest BCUT2D eigenvalue weighted by Gasteiger charge is -2.27. The molecular weight excluding hydrogens is 543 g/mol. The number of thiophene rings is 1. The van der Waals surface area contributed by atoms with E-state index in [-0.39, 0.29) is 5.41 Å². The van der Waals surface area contributed by atoms with Gasteiger partial charge in [-0.3, -0.25) is 0 Å². The quantitative estimate of drug-likeness (QED) is 0.210. The van der Waals surface area contributed by atoms with Crippen molar-refractivity contribution in [2.45, 2.75) is 26.2 Å². The molecule has 0 atom stereocenters. The molecule has 1 aliphatic rings. The normalized spacial score (nSPS) is 13.7. The number of benzene rings is 6. The van der Waals surface area contributed by atoms with Crippen LogP contribution in [-0.4, -0.2) is 0 Å². The molecule has 2 aromatic heterocycles. The van der Waals surface area contributed by atoms with Crippen LogP contribution in [0.5, 0.6) is 0 Å². The summed E-state index contributed by atoms with van der Waals surface area (Å²) in [4.78, 5) is 2.44. The van der Waals surface area contributed by atoms with Crippen molar-refractivity contribution in [3.63, 3.8) is 0 Å². The Bertz CT molecular complexity index is 2390. The van der Waals surface area contributed by atoms with Crippen LogP contribution in [0.4, 0.5) is 17.1 Å². The van der Waals surface area contributed by atoms with E-state index in [0.717, 1.165) is 33.3 Å². The summed E-state index contributed by atoms with van der Waals surface area (Å²) < 4.78 is 8.89. The minimum atomic E-state index is -0.0199. The number of aryl methyl sites for hydroxylation is 1. The summed E-state index contributed by atoms with van der Waals surface area (Å²) in [6.07, 6.45) is 0. The van der Waals surface area contributed by atoms with Gasteiger partial charge in [-0.25, -0.2) is 0 Å². The van der Waals surface area contributed by atoms with E-state index in [1.807, 2.05) is 23.5 Å². The SMILES string of the molecule is Cc1ccc2c(sc3c4c(ccc32)C(C)(C)c2ccccc2-4)c1N(c1ccccc1)c1ccc2oc3ccccc3c2c1. The predicted octanol–water partition coefficient (Wildman–Crippen LogP) is 12.0. The number of nitrogens with zero attached hydrogens (tertiary/aromatic N) is 1. The zero-order chi connectivity index (χ0) is 28.9. The van der Waals surface area contributed by atoms with E-state index >= 15 is 0 Å². The first kappa shape index (κ1) is 24.7. The molecule has 0 saturated carbocycles. The van der Waals surface area contributed by atoms with Crippen molar-refractivity contribution in [1.82, 2.24) is 0 Å². The maximum absolute atomic E-state index is 6.20. The molecule has 2 heterocycles. The van der Waals surface area contributed by atoms with Gasteiger partial charge in [0.15, 0.2) is 0 Å². The monoisotopic (exact) mass is 571 g/mol. The van der Waals surface area contributed by atoms with E-state index < -0.39 is 0 Å². The van der Waals surface area contributed by atoms with E-state index in [9.17, 15) is 0 Å². The molecule has 0 bridgehead atoms. The topological polar surface area (TPSA) is 16.4 Å². The third-order valence-electron chi connectivity index (χ3n) is 9.38. The van der Waals surface area contributed by atoms with Crippen LogP contribution in [0.1, 0.15) is 30.5 Å². The minimum absolute atomic E-state index is 0.0199. The lowest BCUT2D eigenvalue weighted by molar-refractivity contribution is 0.661. The predicted molar refractivity (Wildman–Crippen MR) is 184 cm³/mol. The fourth-order valence-corrected chi connectivity index (χ4v) is 8.73. The van der Waals surface area contributed by atoms with Gasteiger partial charge in [-0.05, 0) is 65.6 Å². The Labute approximate surface area is 254 Å². The second kappa shape index (κ2) is 8.82. The summed E-state index contributed by atoms with van der Waals surface area (Å²) >= 11 is 1.94. The third kappa shape index (κ3) is 3.40. The van der Waals surface area contributed by atoms with Gasteiger partial charge < -0.3 is 9.32 Å². The van der Waals surface area contributed by atoms with Crippen LogP contribution >= 0.6 is 11.3 Å². The van der Waals surface area contributed by atoms with E-state index in [2.05, 4.69) is 135 Å². The van der Waals surface area contributed by atoms with Gasteiger partial charge in [0.25, 0.3) is 0 Å². The van der Waals surface area contributed by atoms with Crippen LogP contribution in [0.15, 0.2) is 126 Å². The average Bonchev–Trinajstić information content (AvgIpc) is 3.67. The molecule has 1 aliphatic carbocycles. The number of hydrogen-bond acceptors (Lipinski definition) is 3. The summed E-state index contributed by atoms with van der Waals surface area (Å²) in [6.45, 7) is 6.96. The number of furan rings is 1. The molecule has 43 heavy (non-hydrogen) atoms. The number of fused-ring (bicyclic) bond motifs is 10. The highest BCUT2D eigenvalue weighted by Crippen LogP contribution is 2.55. The van der Waals surface area contributed by atoms with E-state index in [0.29, 0.717) is 0 Å². The molecule has 2 nitrogen and oxygen atoms in total. The van der Waals surface area contributed by atoms with Crippen LogP contribution in [-0.2, 0) is 5.41 Å². The third-order valence-corrected chi connectivity index (χ3v) is 10.6. The van der Waals surface area contributed by atoms with Gasteiger partial charge >= 0.3 is 0 Å². The van der Waals surface area contributed by atoms with Gasteiger partial charge in [-0.1, -0.05) is 98.8 Å². The molecule has 6 aromatic carbocycles. The smallest absolute Gasteiger partial charge is 0.135 e. The Kier molecular flexibility index (Phi) is 5.07.